The van der Waals surface area contributed by atoms with Gasteiger partial charge in [0, 0.05) is 29.1 Å². The fourth-order valence-electron chi connectivity index (χ4n) is 7.33. The lowest BCUT2D eigenvalue weighted by atomic mass is 9.81. The number of aryl methyl sites for hydroxylation is 1. The van der Waals surface area contributed by atoms with Gasteiger partial charge in [-0.1, -0.05) is 20.8 Å². The summed E-state index contributed by atoms with van der Waals surface area (Å²) in [6.45, 7) is 6.88. The third-order valence-electron chi connectivity index (χ3n) is 10.3. The van der Waals surface area contributed by atoms with Gasteiger partial charge in [-0.2, -0.15) is 0 Å². The van der Waals surface area contributed by atoms with Crippen molar-refractivity contribution in [3.8, 4) is 11.4 Å². The molecule has 0 fully saturated rings. The van der Waals surface area contributed by atoms with Gasteiger partial charge in [0.05, 0.1) is 41.1 Å². The molecule has 0 saturated heterocycles. The summed E-state index contributed by atoms with van der Waals surface area (Å²) >= 11 is 0. The van der Waals surface area contributed by atoms with E-state index in [-0.39, 0.29) is 49.6 Å². The molecule has 2 aliphatic heterocycles. The van der Waals surface area contributed by atoms with Gasteiger partial charge >= 0.3 is 12.0 Å². The quantitative estimate of drug-likeness (QED) is 0.105. The topological polar surface area (TPSA) is 221 Å². The van der Waals surface area contributed by atoms with Crippen molar-refractivity contribution in [1.82, 2.24) is 25.5 Å². The van der Waals surface area contributed by atoms with E-state index < -0.39 is 58.9 Å². The lowest BCUT2D eigenvalue weighted by Crippen LogP contribution is -2.53. The molecule has 3 aliphatic rings. The number of aromatic nitrogens is 2. The molecule has 14 nitrogen and oxygen atoms in total. The molecule has 15 heteroatoms. The molecule has 1 aromatic carbocycles. The summed E-state index contributed by atoms with van der Waals surface area (Å²) in [4.78, 5) is 69.7. The number of ether oxygens (including phenoxy) is 1. The lowest BCUT2D eigenvalue weighted by Gasteiger charge is -2.31. The molecule has 2 unspecified atom stereocenters. The van der Waals surface area contributed by atoms with Crippen molar-refractivity contribution in [3.05, 3.63) is 61.7 Å². The van der Waals surface area contributed by atoms with Gasteiger partial charge in [-0.15, -0.1) is 0 Å². The summed E-state index contributed by atoms with van der Waals surface area (Å²) < 4.78 is 22.0. The molecule has 1 aliphatic carbocycles. The summed E-state index contributed by atoms with van der Waals surface area (Å²) in [7, 11) is 0. The van der Waals surface area contributed by atoms with E-state index in [4.69, 9.17) is 21.2 Å². The van der Waals surface area contributed by atoms with E-state index in [9.17, 15) is 29.1 Å². The van der Waals surface area contributed by atoms with Gasteiger partial charge in [-0.3, -0.25) is 14.4 Å². The Morgan fingerprint density at radius 2 is 1.92 bits per heavy atom. The number of hydrogen-bond acceptors (Lipinski definition) is 9. The number of amides is 4. The zero-order valence-electron chi connectivity index (χ0n) is 28.4. The molecular weight excluding hydrogens is 649 g/mol. The van der Waals surface area contributed by atoms with E-state index in [0.717, 1.165) is 5.56 Å². The summed E-state index contributed by atoms with van der Waals surface area (Å²) in [6.07, 6.45) is 1.31. The van der Waals surface area contributed by atoms with Gasteiger partial charge < -0.3 is 41.8 Å². The number of aliphatic hydroxyl groups is 1. The highest BCUT2D eigenvalue weighted by Gasteiger charge is 2.46. The van der Waals surface area contributed by atoms with Crippen LogP contribution in [0.15, 0.2) is 16.9 Å². The minimum absolute atomic E-state index is 0.0225. The number of nitrogens with zero attached hydrogens (tertiary/aromatic N) is 2. The predicted molar refractivity (Wildman–Crippen MR) is 180 cm³/mol. The number of carbonyl (C=O) groups is 4. The van der Waals surface area contributed by atoms with Crippen molar-refractivity contribution in [2.24, 2.45) is 17.4 Å². The molecule has 0 saturated carbocycles. The lowest BCUT2D eigenvalue weighted by molar-refractivity contribution is -0.172. The third kappa shape index (κ3) is 5.77. The Hall–Kier alpha value is -4.89. The zero-order chi connectivity index (χ0) is 36.2. The SMILES string of the molecule is CC[C@@]1(O)C(=O)OCc2c1cc1n(c2=O)Cc2c-1nc1cc(F)c(C)c3c1c2[C@@H](NC(=O)C(CCCNC(N)=O)NC(=O)C(N)C(C)C)CC3. The minimum Gasteiger partial charge on any atom is -0.458 e. The Kier molecular flexibility index (Phi) is 9.16. The number of cyclic esters (lactones) is 1. The summed E-state index contributed by atoms with van der Waals surface area (Å²) in [5.74, 6) is -2.45. The molecule has 4 amide bonds. The molecule has 3 aromatic rings. The Labute approximate surface area is 287 Å². The third-order valence-corrected chi connectivity index (χ3v) is 10.3. The van der Waals surface area contributed by atoms with Crippen LogP contribution in [0, 0.1) is 18.7 Å². The Morgan fingerprint density at radius 1 is 1.18 bits per heavy atom. The van der Waals surface area contributed by atoms with Gasteiger partial charge in [0.25, 0.3) is 5.56 Å². The number of urea groups is 1. The van der Waals surface area contributed by atoms with E-state index in [0.29, 0.717) is 58.2 Å². The number of carbonyl (C=O) groups excluding carboxylic acids is 4. The molecule has 50 heavy (non-hydrogen) atoms. The Balaban J connectivity index is 1.44. The number of nitrogens with one attached hydrogen (secondary N) is 3. The van der Waals surface area contributed by atoms with Crippen LogP contribution >= 0.6 is 0 Å². The maximum atomic E-state index is 15.3. The Bertz CT molecular complexity index is 2010. The van der Waals surface area contributed by atoms with Crippen LogP contribution in [-0.2, 0) is 44.3 Å². The van der Waals surface area contributed by atoms with Crippen molar-refractivity contribution in [1.29, 1.82) is 0 Å². The fraction of sp³-hybridized carbons (Fsp3) is 0.486. The normalized spacial score (nSPS) is 20.0. The smallest absolute Gasteiger partial charge is 0.343 e. The molecule has 8 N–H and O–H groups in total. The molecular formula is C35H42FN7O7. The number of fused-ring (bicyclic) bond motifs is 5. The highest BCUT2D eigenvalue weighted by Crippen LogP contribution is 2.46. The van der Waals surface area contributed by atoms with Crippen molar-refractivity contribution >= 4 is 34.7 Å². The number of esters is 1. The number of rotatable bonds is 10. The highest BCUT2D eigenvalue weighted by atomic mass is 19.1. The van der Waals surface area contributed by atoms with Crippen molar-refractivity contribution in [2.45, 2.75) is 96.7 Å². The molecule has 4 heterocycles. The molecule has 266 valence electrons. The zero-order valence-corrected chi connectivity index (χ0v) is 28.4. The van der Waals surface area contributed by atoms with Crippen LogP contribution in [0.5, 0.6) is 0 Å². The minimum atomic E-state index is -2.02. The van der Waals surface area contributed by atoms with Crippen LogP contribution in [-0.4, -0.2) is 57.1 Å². The molecule has 6 rings (SSSR count). The first-order valence-electron chi connectivity index (χ1n) is 16.9. The first-order valence-corrected chi connectivity index (χ1v) is 16.9. The van der Waals surface area contributed by atoms with Crippen LogP contribution in [0.4, 0.5) is 9.18 Å². The second-order valence-corrected chi connectivity index (χ2v) is 13.7. The molecule has 0 spiro atoms. The van der Waals surface area contributed by atoms with Gasteiger partial charge in [-0.05, 0) is 67.7 Å². The maximum Gasteiger partial charge on any atom is 0.343 e. The molecule has 4 atom stereocenters. The summed E-state index contributed by atoms with van der Waals surface area (Å²) in [5, 5.41) is 20.4. The fourth-order valence-corrected chi connectivity index (χ4v) is 7.33. The second-order valence-electron chi connectivity index (χ2n) is 13.7. The van der Waals surface area contributed by atoms with E-state index in [1.54, 1.807) is 33.8 Å². The van der Waals surface area contributed by atoms with Crippen molar-refractivity contribution in [3.63, 3.8) is 0 Å². The van der Waals surface area contributed by atoms with E-state index >= 15 is 4.39 Å². The monoisotopic (exact) mass is 691 g/mol. The second kappa shape index (κ2) is 13.1. The number of pyridine rings is 2. The number of benzene rings is 1. The Morgan fingerprint density at radius 3 is 2.60 bits per heavy atom. The first kappa shape index (κ1) is 35.0. The molecule has 2 aromatic heterocycles. The van der Waals surface area contributed by atoms with Gasteiger partial charge in [0.2, 0.25) is 11.8 Å². The highest BCUT2D eigenvalue weighted by molar-refractivity contribution is 5.95. The first-order chi connectivity index (χ1) is 23.7. The summed E-state index contributed by atoms with van der Waals surface area (Å²) in [6, 6.07) is -0.255. The van der Waals surface area contributed by atoms with Crippen LogP contribution in [0.25, 0.3) is 22.3 Å². The standard InChI is InChI=1S/C35H42FN7O7/c1-5-35(49)20-11-25-29-18(13-43(25)32(46)19(20)14-50-33(35)47)27-22(9-8-17-16(4)21(36)12-24(40-29)26(17)27)41-30(44)23(7-6-10-39-34(38)48)42-31(45)28(37)15(2)3/h11-12,15,22-23,28,49H,5-10,13-14,37H2,1-4H3,(H,41,44)(H,42,45)(H3,38,39,48)/t22-,23?,28?,35-/m0/s1. The number of nitrogens with two attached hydrogens (primary N) is 2. The van der Waals surface area contributed by atoms with Crippen LogP contribution in [0.3, 0.4) is 0 Å². The van der Waals surface area contributed by atoms with Crippen LogP contribution in [0.2, 0.25) is 0 Å². The number of hydrogen-bond donors (Lipinski definition) is 6. The van der Waals surface area contributed by atoms with Gasteiger partial charge in [0.1, 0.15) is 18.5 Å². The van der Waals surface area contributed by atoms with E-state index in [1.165, 1.54) is 10.6 Å². The van der Waals surface area contributed by atoms with Crippen LogP contribution < -0.4 is 33.0 Å². The van der Waals surface area contributed by atoms with Crippen LogP contribution in [0.1, 0.15) is 85.9 Å². The average Bonchev–Trinajstić information content (AvgIpc) is 3.45. The van der Waals surface area contributed by atoms with E-state index in [1.807, 2.05) is 0 Å². The average molecular weight is 692 g/mol. The number of halogens is 1. The maximum absolute atomic E-state index is 15.3. The van der Waals surface area contributed by atoms with E-state index in [2.05, 4.69) is 16.0 Å². The molecule has 0 radical (unpaired) electrons. The van der Waals surface area contributed by atoms with Crippen molar-refractivity contribution < 1.29 is 33.4 Å². The number of primary amides is 1. The predicted octanol–water partition coefficient (Wildman–Crippen LogP) is 1.55. The summed E-state index contributed by atoms with van der Waals surface area (Å²) in [5.41, 5.74) is 12.8. The van der Waals surface area contributed by atoms with Gasteiger partial charge in [-0.25, -0.2) is 19.0 Å². The van der Waals surface area contributed by atoms with Crippen molar-refractivity contribution in [2.75, 3.05) is 6.54 Å². The largest absolute Gasteiger partial charge is 0.458 e. The van der Waals surface area contributed by atoms with Gasteiger partial charge in [0.15, 0.2) is 5.60 Å². The molecule has 0 bridgehead atoms.